The first-order valence-electron chi connectivity index (χ1n) is 10.3. The van der Waals surface area contributed by atoms with Crippen LogP contribution in [0.1, 0.15) is 39.7 Å². The summed E-state index contributed by atoms with van der Waals surface area (Å²) in [6, 6.07) is 7.90. The molecule has 0 amide bonds. The molecular formula is C22H16ClF6N3O4S. The van der Waals surface area contributed by atoms with Crippen LogP contribution in [0.25, 0.3) is 5.69 Å². The Morgan fingerprint density at radius 1 is 1.08 bits per heavy atom. The molecule has 2 aromatic carbocycles. The SMILES string of the molecule is COC(=O)C[C@H]1S[C@H](c2cccc(OC)c2OC(F)(F)F)c2cc(Cl)ccc2-n2c1nnc2C(F)(F)F. The van der Waals surface area contributed by atoms with Gasteiger partial charge in [-0.2, -0.15) is 13.2 Å². The number of carbonyl (C=O) groups excluding carboxylic acids is 1. The molecule has 2 heterocycles. The van der Waals surface area contributed by atoms with Crippen molar-refractivity contribution in [2.75, 3.05) is 14.2 Å². The van der Waals surface area contributed by atoms with Gasteiger partial charge in [-0.15, -0.1) is 35.1 Å². The summed E-state index contributed by atoms with van der Waals surface area (Å²) in [6.07, 6.45) is -10.5. The van der Waals surface area contributed by atoms with Crippen LogP contribution in [0.2, 0.25) is 5.02 Å². The summed E-state index contributed by atoms with van der Waals surface area (Å²) in [5, 5.41) is 4.90. The highest BCUT2D eigenvalue weighted by atomic mass is 35.5. The van der Waals surface area contributed by atoms with Crippen molar-refractivity contribution in [3.63, 3.8) is 0 Å². The monoisotopic (exact) mass is 567 g/mol. The Labute approximate surface area is 214 Å². The topological polar surface area (TPSA) is 75.5 Å². The van der Waals surface area contributed by atoms with E-state index in [1.165, 1.54) is 36.4 Å². The van der Waals surface area contributed by atoms with Crippen molar-refractivity contribution in [3.05, 3.63) is 64.2 Å². The van der Waals surface area contributed by atoms with Crippen LogP contribution in [0.4, 0.5) is 26.3 Å². The van der Waals surface area contributed by atoms with E-state index in [4.69, 9.17) is 21.1 Å². The molecule has 1 aliphatic rings. The van der Waals surface area contributed by atoms with E-state index < -0.39 is 47.0 Å². The molecule has 0 spiro atoms. The summed E-state index contributed by atoms with van der Waals surface area (Å²) in [6.45, 7) is 0. The van der Waals surface area contributed by atoms with Crippen molar-refractivity contribution in [1.82, 2.24) is 14.8 Å². The molecule has 0 saturated carbocycles. The van der Waals surface area contributed by atoms with Crippen molar-refractivity contribution in [2.45, 2.75) is 29.5 Å². The van der Waals surface area contributed by atoms with Crippen LogP contribution in [0.3, 0.4) is 0 Å². The number of ether oxygens (including phenoxy) is 3. The molecule has 15 heteroatoms. The van der Waals surface area contributed by atoms with E-state index in [9.17, 15) is 31.1 Å². The zero-order valence-corrected chi connectivity index (χ0v) is 20.4. The van der Waals surface area contributed by atoms with E-state index in [0.717, 1.165) is 30.5 Å². The molecule has 0 unspecified atom stereocenters. The molecule has 0 bridgehead atoms. The van der Waals surface area contributed by atoms with Gasteiger partial charge in [0.1, 0.15) is 0 Å². The molecule has 0 fully saturated rings. The Morgan fingerprint density at radius 3 is 2.43 bits per heavy atom. The number of alkyl halides is 6. The third kappa shape index (κ3) is 5.44. The smallest absolute Gasteiger partial charge is 0.493 e. The number of benzene rings is 2. The van der Waals surface area contributed by atoms with Crippen LogP contribution in [0.5, 0.6) is 11.5 Å². The molecule has 4 rings (SSSR count). The molecule has 3 aromatic rings. The third-order valence-corrected chi connectivity index (χ3v) is 7.07. The minimum atomic E-state index is -5.11. The molecule has 7 nitrogen and oxygen atoms in total. The van der Waals surface area contributed by atoms with Crippen LogP contribution in [0.15, 0.2) is 36.4 Å². The Kier molecular flexibility index (Phi) is 7.25. The first-order chi connectivity index (χ1) is 17.3. The lowest BCUT2D eigenvalue weighted by Gasteiger charge is -2.24. The highest BCUT2D eigenvalue weighted by Crippen LogP contribution is 2.55. The largest absolute Gasteiger partial charge is 0.573 e. The minimum Gasteiger partial charge on any atom is -0.493 e. The number of methoxy groups -OCH3 is 2. The van der Waals surface area contributed by atoms with Crippen molar-refractivity contribution < 1.29 is 45.3 Å². The lowest BCUT2D eigenvalue weighted by molar-refractivity contribution is -0.275. The number of hydrogen-bond acceptors (Lipinski definition) is 7. The molecule has 37 heavy (non-hydrogen) atoms. The van der Waals surface area contributed by atoms with Crippen LogP contribution in [0, 0.1) is 0 Å². The quantitative estimate of drug-likeness (QED) is 0.265. The second-order valence-electron chi connectivity index (χ2n) is 7.63. The van der Waals surface area contributed by atoms with Gasteiger partial charge in [-0.25, -0.2) is 0 Å². The van der Waals surface area contributed by atoms with Crippen LogP contribution in [-0.4, -0.2) is 41.3 Å². The first-order valence-corrected chi connectivity index (χ1v) is 11.6. The van der Waals surface area contributed by atoms with Crippen LogP contribution in [-0.2, 0) is 15.7 Å². The summed E-state index contributed by atoms with van der Waals surface area (Å²) in [7, 11) is 2.24. The molecule has 0 N–H and O–H groups in total. The molecule has 2 atom stereocenters. The average Bonchev–Trinajstić information content (AvgIpc) is 3.22. The molecule has 0 aliphatic carbocycles. The standard InChI is InChI=1S/C22H16ClF6N3O4S/c1-34-14-5-3-4-11(17(14)36-22(27,28)29)18-12-8-10(23)6-7-13(12)32-19(15(37-18)9-16(33)35-2)30-31-20(32)21(24,25)26/h3-8,15,18H,9H2,1-2H3/t15-,18-/m1/s1. The second-order valence-corrected chi connectivity index (χ2v) is 9.38. The molecule has 1 aliphatic heterocycles. The second kappa shape index (κ2) is 9.97. The van der Waals surface area contributed by atoms with Gasteiger partial charge in [0.25, 0.3) is 0 Å². The van der Waals surface area contributed by atoms with Gasteiger partial charge in [-0.3, -0.25) is 9.36 Å². The van der Waals surface area contributed by atoms with Gasteiger partial charge in [0.05, 0.1) is 36.8 Å². The number of hydrogen-bond donors (Lipinski definition) is 0. The van der Waals surface area contributed by atoms with E-state index in [2.05, 4.69) is 14.9 Å². The van der Waals surface area contributed by atoms with Crippen molar-refractivity contribution in [3.8, 4) is 17.2 Å². The predicted octanol–water partition coefficient (Wildman–Crippen LogP) is 6.29. The number of fused-ring (bicyclic) bond motifs is 3. The zero-order valence-electron chi connectivity index (χ0n) is 18.9. The first kappa shape index (κ1) is 26.9. The summed E-state index contributed by atoms with van der Waals surface area (Å²) in [4.78, 5) is 12.2. The number of halogens is 7. The van der Waals surface area contributed by atoms with E-state index in [1.807, 2.05) is 0 Å². The number of para-hydroxylation sites is 1. The molecular weight excluding hydrogens is 552 g/mol. The normalized spacial score (nSPS) is 17.4. The fourth-order valence-corrected chi connectivity index (χ4v) is 5.59. The van der Waals surface area contributed by atoms with E-state index in [-0.39, 0.29) is 33.4 Å². The van der Waals surface area contributed by atoms with Gasteiger partial charge in [0, 0.05) is 10.6 Å². The summed E-state index contributed by atoms with van der Waals surface area (Å²) < 4.78 is 96.7. The fourth-order valence-electron chi connectivity index (χ4n) is 3.90. The maximum Gasteiger partial charge on any atom is 0.573 e. The van der Waals surface area contributed by atoms with Gasteiger partial charge < -0.3 is 14.2 Å². The Balaban J connectivity index is 2.03. The Hall–Kier alpha value is -3.13. The Morgan fingerprint density at radius 2 is 1.81 bits per heavy atom. The summed E-state index contributed by atoms with van der Waals surface area (Å²) >= 11 is 7.05. The van der Waals surface area contributed by atoms with E-state index in [1.54, 1.807) is 0 Å². The number of rotatable bonds is 5. The van der Waals surface area contributed by atoms with Gasteiger partial charge >= 0.3 is 18.5 Å². The lowest BCUT2D eigenvalue weighted by Crippen LogP contribution is -2.19. The number of carbonyl (C=O) groups is 1. The van der Waals surface area contributed by atoms with Crippen LogP contribution < -0.4 is 9.47 Å². The zero-order chi connectivity index (χ0) is 27.1. The highest BCUT2D eigenvalue weighted by molar-refractivity contribution is 8.00. The van der Waals surface area contributed by atoms with Gasteiger partial charge in [0.2, 0.25) is 5.82 Å². The summed E-state index contributed by atoms with van der Waals surface area (Å²) in [5.41, 5.74) is -0.0496. The number of thioether (sulfide) groups is 1. The van der Waals surface area contributed by atoms with Gasteiger partial charge in [-0.1, -0.05) is 23.7 Å². The molecule has 1 aromatic heterocycles. The molecule has 0 saturated heterocycles. The number of esters is 1. The van der Waals surface area contributed by atoms with Gasteiger partial charge in [-0.05, 0) is 29.8 Å². The maximum atomic E-state index is 13.9. The van der Waals surface area contributed by atoms with Crippen LogP contribution >= 0.6 is 23.4 Å². The van der Waals surface area contributed by atoms with E-state index >= 15 is 0 Å². The summed E-state index contributed by atoms with van der Waals surface area (Å²) in [5.74, 6) is -3.34. The minimum absolute atomic E-state index is 0.0765. The predicted molar refractivity (Wildman–Crippen MR) is 120 cm³/mol. The maximum absolute atomic E-state index is 13.9. The van der Waals surface area contributed by atoms with Gasteiger partial charge in [0.15, 0.2) is 17.3 Å². The lowest BCUT2D eigenvalue weighted by atomic mass is 10.0. The third-order valence-electron chi connectivity index (χ3n) is 5.35. The molecule has 198 valence electrons. The Bertz CT molecular complexity index is 1330. The molecule has 0 radical (unpaired) electrons. The highest BCUT2D eigenvalue weighted by Gasteiger charge is 2.44. The van der Waals surface area contributed by atoms with Crippen molar-refractivity contribution in [1.29, 1.82) is 0 Å². The number of nitrogens with zero attached hydrogens (tertiary/aromatic N) is 3. The van der Waals surface area contributed by atoms with Crippen molar-refractivity contribution in [2.24, 2.45) is 0 Å². The average molecular weight is 568 g/mol. The fraction of sp³-hybridized carbons (Fsp3) is 0.318. The van der Waals surface area contributed by atoms with E-state index in [0.29, 0.717) is 0 Å². The number of aromatic nitrogens is 3. The van der Waals surface area contributed by atoms with Crippen molar-refractivity contribution >= 4 is 29.3 Å².